The lowest BCUT2D eigenvalue weighted by molar-refractivity contribution is 0.744. The van der Waals surface area contributed by atoms with Gasteiger partial charge in [0.1, 0.15) is 5.82 Å². The third-order valence-electron chi connectivity index (χ3n) is 2.93. The Balaban J connectivity index is 2.34. The Labute approximate surface area is 129 Å². The Morgan fingerprint density at radius 3 is 2.74 bits per heavy atom. The highest BCUT2D eigenvalue weighted by Crippen LogP contribution is 2.28. The fourth-order valence-electron chi connectivity index (χ4n) is 2.10. The van der Waals surface area contributed by atoms with Gasteiger partial charge in [0.2, 0.25) is 0 Å². The molecule has 1 atom stereocenters. The summed E-state index contributed by atoms with van der Waals surface area (Å²) in [6.45, 7) is 1.92. The van der Waals surface area contributed by atoms with Crippen LogP contribution in [0.1, 0.15) is 18.1 Å². The van der Waals surface area contributed by atoms with E-state index < -0.39 is 0 Å². The summed E-state index contributed by atoms with van der Waals surface area (Å²) in [6, 6.07) is 8.13. The van der Waals surface area contributed by atoms with E-state index in [-0.39, 0.29) is 5.38 Å². The topological polar surface area (TPSA) is 35.6 Å². The van der Waals surface area contributed by atoms with Crippen molar-refractivity contribution < 1.29 is 0 Å². The van der Waals surface area contributed by atoms with Gasteiger partial charge in [-0.15, -0.1) is 11.6 Å². The van der Waals surface area contributed by atoms with Gasteiger partial charge >= 0.3 is 0 Å². The second-order valence-corrected chi connectivity index (χ2v) is 6.30. The second-order valence-electron chi connectivity index (χ2n) is 4.40. The number of aromatic nitrogens is 4. The highest BCUT2D eigenvalue weighted by molar-refractivity contribution is 14.1. The molecule has 2 aromatic heterocycles. The molecule has 0 aliphatic carbocycles. The molecule has 0 fully saturated rings. The number of halogens is 2. The molecule has 0 bridgehead atoms. The van der Waals surface area contributed by atoms with E-state index in [2.05, 4.69) is 50.9 Å². The Bertz CT molecular complexity index is 744. The van der Waals surface area contributed by atoms with Crippen molar-refractivity contribution in [1.29, 1.82) is 0 Å². The van der Waals surface area contributed by atoms with Gasteiger partial charge in [-0.3, -0.25) is 9.25 Å². The summed E-state index contributed by atoms with van der Waals surface area (Å²) < 4.78 is 4.95. The molecule has 0 saturated heterocycles. The van der Waals surface area contributed by atoms with Gasteiger partial charge in [-0.1, -0.05) is 0 Å². The molecular formula is C13H12ClIN4. The summed E-state index contributed by atoms with van der Waals surface area (Å²) in [5, 5.41) is 4.27. The lowest BCUT2D eigenvalue weighted by Gasteiger charge is -2.07. The molecule has 98 valence electrons. The van der Waals surface area contributed by atoms with Crippen molar-refractivity contribution in [1.82, 2.24) is 19.3 Å². The third kappa shape index (κ3) is 2.25. The molecule has 0 aliphatic rings. The molecule has 3 aromatic rings. The van der Waals surface area contributed by atoms with Crippen molar-refractivity contribution in [2.24, 2.45) is 7.05 Å². The van der Waals surface area contributed by atoms with Crippen LogP contribution in [-0.4, -0.2) is 19.3 Å². The zero-order valence-electron chi connectivity index (χ0n) is 10.5. The fraction of sp³-hybridized carbons (Fsp3) is 0.231. The van der Waals surface area contributed by atoms with Crippen molar-refractivity contribution in [2.75, 3.05) is 0 Å². The number of fused-ring (bicyclic) bond motifs is 1. The third-order valence-corrected chi connectivity index (χ3v) is 3.79. The van der Waals surface area contributed by atoms with Crippen LogP contribution in [0.5, 0.6) is 0 Å². The van der Waals surface area contributed by atoms with Gasteiger partial charge < -0.3 is 0 Å². The number of imidazole rings is 1. The SMILES string of the molecule is CC(Cl)c1nc2cc(I)ccc2n1-c1ccn(C)n1. The largest absolute Gasteiger partial charge is 0.278 e. The van der Waals surface area contributed by atoms with E-state index in [1.54, 1.807) is 4.68 Å². The average Bonchev–Trinajstić information content (AvgIpc) is 2.91. The van der Waals surface area contributed by atoms with Gasteiger partial charge in [0.25, 0.3) is 0 Å². The predicted molar refractivity (Wildman–Crippen MR) is 84.8 cm³/mol. The molecule has 0 spiro atoms. The molecule has 4 nitrogen and oxygen atoms in total. The van der Waals surface area contributed by atoms with Crippen LogP contribution >= 0.6 is 34.2 Å². The van der Waals surface area contributed by atoms with E-state index in [4.69, 9.17) is 11.6 Å². The number of benzene rings is 1. The van der Waals surface area contributed by atoms with Crippen LogP contribution in [0.15, 0.2) is 30.5 Å². The molecule has 0 saturated carbocycles. The number of nitrogens with zero attached hydrogens (tertiary/aromatic N) is 4. The van der Waals surface area contributed by atoms with Crippen LogP contribution in [-0.2, 0) is 7.05 Å². The monoisotopic (exact) mass is 386 g/mol. The summed E-state index contributed by atoms with van der Waals surface area (Å²) >= 11 is 8.54. The Hall–Kier alpha value is -1.08. The van der Waals surface area contributed by atoms with Crippen molar-refractivity contribution in [3.63, 3.8) is 0 Å². The number of alkyl halides is 1. The molecular weight excluding hydrogens is 375 g/mol. The first-order valence-electron chi connectivity index (χ1n) is 5.88. The maximum absolute atomic E-state index is 6.26. The zero-order valence-corrected chi connectivity index (χ0v) is 13.4. The number of hydrogen-bond acceptors (Lipinski definition) is 2. The van der Waals surface area contributed by atoms with Crippen molar-refractivity contribution in [3.8, 4) is 5.82 Å². The molecule has 0 amide bonds. The molecule has 0 radical (unpaired) electrons. The molecule has 1 unspecified atom stereocenters. The van der Waals surface area contributed by atoms with Crippen molar-refractivity contribution in [2.45, 2.75) is 12.3 Å². The quantitative estimate of drug-likeness (QED) is 0.498. The van der Waals surface area contributed by atoms with Gasteiger partial charge in [0.05, 0.1) is 16.4 Å². The first-order chi connectivity index (χ1) is 9.06. The van der Waals surface area contributed by atoms with Gasteiger partial charge in [-0.25, -0.2) is 4.98 Å². The van der Waals surface area contributed by atoms with Crippen LogP contribution in [0.4, 0.5) is 0 Å². The van der Waals surface area contributed by atoms with E-state index in [1.807, 2.05) is 30.8 Å². The molecule has 0 N–H and O–H groups in total. The maximum atomic E-state index is 6.26. The molecule has 6 heteroatoms. The van der Waals surface area contributed by atoms with Crippen LogP contribution < -0.4 is 0 Å². The van der Waals surface area contributed by atoms with Gasteiger partial charge in [0.15, 0.2) is 5.82 Å². The van der Waals surface area contributed by atoms with E-state index in [1.165, 1.54) is 0 Å². The van der Waals surface area contributed by atoms with Gasteiger partial charge in [-0.05, 0) is 47.7 Å². The summed E-state index contributed by atoms with van der Waals surface area (Å²) in [4.78, 5) is 4.64. The second kappa shape index (κ2) is 4.79. The van der Waals surface area contributed by atoms with Crippen molar-refractivity contribution in [3.05, 3.63) is 39.9 Å². The number of hydrogen-bond donors (Lipinski definition) is 0. The summed E-state index contributed by atoms with van der Waals surface area (Å²) in [7, 11) is 1.90. The molecule has 1 aromatic carbocycles. The first kappa shape index (κ1) is 12.9. The van der Waals surface area contributed by atoms with Crippen LogP contribution in [0.3, 0.4) is 0 Å². The Morgan fingerprint density at radius 2 is 2.11 bits per heavy atom. The minimum absolute atomic E-state index is 0.174. The minimum Gasteiger partial charge on any atom is -0.278 e. The van der Waals surface area contributed by atoms with E-state index >= 15 is 0 Å². The lowest BCUT2D eigenvalue weighted by Crippen LogP contribution is -2.03. The summed E-state index contributed by atoms with van der Waals surface area (Å²) in [6.07, 6.45) is 1.91. The molecule has 2 heterocycles. The van der Waals surface area contributed by atoms with Crippen LogP contribution in [0.2, 0.25) is 0 Å². The highest BCUT2D eigenvalue weighted by atomic mass is 127. The van der Waals surface area contributed by atoms with E-state index in [9.17, 15) is 0 Å². The summed E-state index contributed by atoms with van der Waals surface area (Å²) in [5.74, 6) is 1.66. The van der Waals surface area contributed by atoms with Crippen LogP contribution in [0, 0.1) is 3.57 Å². The highest BCUT2D eigenvalue weighted by Gasteiger charge is 2.17. The standard InChI is InChI=1S/C13H12ClIN4/c1-8(14)13-16-10-7-9(15)3-4-11(10)19(13)12-5-6-18(2)17-12/h3-8H,1-2H3. The lowest BCUT2D eigenvalue weighted by atomic mass is 10.3. The number of aryl methyl sites for hydroxylation is 1. The Kier molecular flexibility index (Phi) is 3.26. The zero-order chi connectivity index (χ0) is 13.6. The first-order valence-corrected chi connectivity index (χ1v) is 7.40. The van der Waals surface area contributed by atoms with Gasteiger partial charge in [0, 0.05) is 22.9 Å². The fourth-order valence-corrected chi connectivity index (χ4v) is 2.72. The Morgan fingerprint density at radius 1 is 1.32 bits per heavy atom. The summed E-state index contributed by atoms with van der Waals surface area (Å²) in [5.41, 5.74) is 1.97. The predicted octanol–water partition coefficient (Wildman–Crippen LogP) is 3.66. The number of rotatable bonds is 2. The maximum Gasteiger partial charge on any atom is 0.160 e. The smallest absolute Gasteiger partial charge is 0.160 e. The minimum atomic E-state index is -0.174. The average molecular weight is 387 g/mol. The molecule has 3 rings (SSSR count). The molecule has 0 aliphatic heterocycles. The van der Waals surface area contributed by atoms with E-state index in [0.29, 0.717) is 0 Å². The van der Waals surface area contributed by atoms with Crippen molar-refractivity contribution >= 4 is 45.2 Å². The van der Waals surface area contributed by atoms with Gasteiger partial charge in [-0.2, -0.15) is 5.10 Å². The molecule has 19 heavy (non-hydrogen) atoms. The van der Waals surface area contributed by atoms with E-state index in [0.717, 1.165) is 26.2 Å². The van der Waals surface area contributed by atoms with Crippen LogP contribution in [0.25, 0.3) is 16.9 Å². The normalized spacial score (nSPS) is 13.1.